The summed E-state index contributed by atoms with van der Waals surface area (Å²) >= 11 is 0. The lowest BCUT2D eigenvalue weighted by molar-refractivity contribution is -0.129. The molecule has 0 aliphatic rings. The molecule has 1 unspecified atom stereocenters. The normalized spacial score (nSPS) is 11.7. The Morgan fingerprint density at radius 2 is 1.73 bits per heavy atom. The molecule has 1 heterocycles. The van der Waals surface area contributed by atoms with E-state index in [9.17, 15) is 14.4 Å². The molecule has 0 aliphatic heterocycles. The number of hydrogen-bond acceptors (Lipinski definition) is 4. The van der Waals surface area contributed by atoms with Gasteiger partial charge in [-0.2, -0.15) is 0 Å². The number of Topliss-reactive ketones (excluding diaryl/α,β-unsaturated/α-hetero) is 1. The van der Waals surface area contributed by atoms with Gasteiger partial charge in [-0.3, -0.25) is 9.59 Å². The number of hydrogen-bond donors (Lipinski definition) is 2. The molecule has 0 aliphatic carbocycles. The summed E-state index contributed by atoms with van der Waals surface area (Å²) in [5.74, 6) is -1.16. The van der Waals surface area contributed by atoms with Crippen LogP contribution in [0.15, 0.2) is 24.3 Å². The molecule has 0 radical (unpaired) electrons. The molecule has 2 rings (SSSR count). The Kier molecular flexibility index (Phi) is 5.97. The first-order chi connectivity index (χ1) is 12.2. The van der Waals surface area contributed by atoms with Crippen molar-refractivity contribution in [3.63, 3.8) is 0 Å². The van der Waals surface area contributed by atoms with Crippen molar-refractivity contribution < 1.29 is 19.1 Å². The topological polar surface area (TPSA) is 88.3 Å². The van der Waals surface area contributed by atoms with Gasteiger partial charge in [0.15, 0.2) is 11.9 Å². The standard InChI is InChI=1S/C20H24N2O4/c1-11-6-8-16(9-7-11)10-21-19(24)15(5)26-20(25)18-12(2)17(14(4)23)13(3)22-18/h6-9,15,22H,10H2,1-5H3,(H,21,24). The van der Waals surface area contributed by atoms with E-state index in [1.54, 1.807) is 13.8 Å². The Hall–Kier alpha value is -2.89. The van der Waals surface area contributed by atoms with Crippen LogP contribution in [0.25, 0.3) is 0 Å². The van der Waals surface area contributed by atoms with E-state index in [1.165, 1.54) is 13.8 Å². The number of carbonyl (C=O) groups excluding carboxylic acids is 3. The van der Waals surface area contributed by atoms with Crippen LogP contribution in [0.4, 0.5) is 0 Å². The van der Waals surface area contributed by atoms with Gasteiger partial charge in [0.1, 0.15) is 5.69 Å². The van der Waals surface area contributed by atoms with Gasteiger partial charge in [0, 0.05) is 17.8 Å². The molecule has 0 fully saturated rings. The first kappa shape index (κ1) is 19.4. The summed E-state index contributed by atoms with van der Waals surface area (Å²) in [7, 11) is 0. The third kappa shape index (κ3) is 4.39. The quantitative estimate of drug-likeness (QED) is 0.615. The number of benzene rings is 1. The number of amides is 1. The van der Waals surface area contributed by atoms with E-state index in [1.807, 2.05) is 31.2 Å². The number of H-pyrrole nitrogens is 1. The highest BCUT2D eigenvalue weighted by molar-refractivity contribution is 6.01. The van der Waals surface area contributed by atoms with Gasteiger partial charge in [-0.1, -0.05) is 29.8 Å². The zero-order chi connectivity index (χ0) is 19.4. The third-order valence-electron chi connectivity index (χ3n) is 4.23. The van der Waals surface area contributed by atoms with Crippen molar-refractivity contribution >= 4 is 17.7 Å². The number of esters is 1. The highest BCUT2D eigenvalue weighted by Gasteiger charge is 2.24. The maximum atomic E-state index is 12.3. The fraction of sp³-hybridized carbons (Fsp3) is 0.350. The molecule has 0 bridgehead atoms. The van der Waals surface area contributed by atoms with Gasteiger partial charge in [0.2, 0.25) is 0 Å². The molecule has 1 aromatic heterocycles. The van der Waals surface area contributed by atoms with Crippen molar-refractivity contribution in [2.45, 2.75) is 47.3 Å². The number of ether oxygens (including phenoxy) is 1. The Labute approximate surface area is 152 Å². The number of rotatable bonds is 6. The van der Waals surface area contributed by atoms with Gasteiger partial charge in [-0.25, -0.2) is 4.79 Å². The van der Waals surface area contributed by atoms with Gasteiger partial charge < -0.3 is 15.0 Å². The first-order valence-electron chi connectivity index (χ1n) is 8.45. The molecule has 2 aromatic rings. The molecular weight excluding hydrogens is 332 g/mol. The molecule has 1 aromatic carbocycles. The number of aryl methyl sites for hydroxylation is 2. The molecule has 1 atom stereocenters. The average Bonchev–Trinajstić information content (AvgIpc) is 2.88. The highest BCUT2D eigenvalue weighted by atomic mass is 16.5. The van der Waals surface area contributed by atoms with Crippen LogP contribution >= 0.6 is 0 Å². The Morgan fingerprint density at radius 3 is 2.27 bits per heavy atom. The van der Waals surface area contributed by atoms with E-state index in [2.05, 4.69) is 10.3 Å². The van der Waals surface area contributed by atoms with Crippen LogP contribution in [-0.2, 0) is 16.1 Å². The minimum absolute atomic E-state index is 0.126. The van der Waals surface area contributed by atoms with Crippen LogP contribution < -0.4 is 5.32 Å². The summed E-state index contributed by atoms with van der Waals surface area (Å²) in [6, 6.07) is 7.79. The fourth-order valence-electron chi connectivity index (χ4n) is 2.79. The second kappa shape index (κ2) is 7.99. The predicted octanol–water partition coefficient (Wildman–Crippen LogP) is 3.00. The lowest BCUT2D eigenvalue weighted by Gasteiger charge is -2.13. The lowest BCUT2D eigenvalue weighted by Crippen LogP contribution is -2.35. The second-order valence-corrected chi connectivity index (χ2v) is 6.43. The van der Waals surface area contributed by atoms with Gasteiger partial charge >= 0.3 is 5.97 Å². The number of aromatic amines is 1. The number of nitrogens with one attached hydrogen (secondary N) is 2. The highest BCUT2D eigenvalue weighted by Crippen LogP contribution is 2.19. The van der Waals surface area contributed by atoms with Crippen molar-refractivity contribution in [1.29, 1.82) is 0 Å². The van der Waals surface area contributed by atoms with Crippen molar-refractivity contribution in [2.75, 3.05) is 0 Å². The second-order valence-electron chi connectivity index (χ2n) is 6.43. The van der Waals surface area contributed by atoms with Crippen molar-refractivity contribution in [3.05, 3.63) is 57.9 Å². The zero-order valence-corrected chi connectivity index (χ0v) is 15.7. The average molecular weight is 356 g/mol. The molecule has 6 nitrogen and oxygen atoms in total. The zero-order valence-electron chi connectivity index (χ0n) is 15.7. The molecule has 138 valence electrons. The minimum atomic E-state index is -0.947. The smallest absolute Gasteiger partial charge is 0.355 e. The first-order valence-corrected chi connectivity index (χ1v) is 8.45. The van der Waals surface area contributed by atoms with Crippen LogP contribution in [0.3, 0.4) is 0 Å². The van der Waals surface area contributed by atoms with Crippen LogP contribution in [0.1, 0.15) is 57.1 Å². The summed E-state index contributed by atoms with van der Waals surface area (Å²) in [4.78, 5) is 39.0. The van der Waals surface area contributed by atoms with Crippen LogP contribution in [0, 0.1) is 20.8 Å². The fourth-order valence-corrected chi connectivity index (χ4v) is 2.79. The van der Waals surface area contributed by atoms with E-state index >= 15 is 0 Å². The summed E-state index contributed by atoms with van der Waals surface area (Å²) < 4.78 is 5.24. The molecule has 26 heavy (non-hydrogen) atoms. The monoisotopic (exact) mass is 356 g/mol. The van der Waals surface area contributed by atoms with Crippen molar-refractivity contribution in [3.8, 4) is 0 Å². The minimum Gasteiger partial charge on any atom is -0.448 e. The summed E-state index contributed by atoms with van der Waals surface area (Å²) in [6.45, 7) is 8.71. The summed E-state index contributed by atoms with van der Waals surface area (Å²) in [5.41, 5.74) is 3.93. The third-order valence-corrected chi connectivity index (χ3v) is 4.23. The summed E-state index contributed by atoms with van der Waals surface area (Å²) in [6.07, 6.45) is -0.947. The number of aromatic nitrogens is 1. The number of ketones is 1. The lowest BCUT2D eigenvalue weighted by atomic mass is 10.1. The molecule has 0 saturated heterocycles. The van der Waals surface area contributed by atoms with Crippen molar-refractivity contribution in [1.82, 2.24) is 10.3 Å². The van der Waals surface area contributed by atoms with E-state index in [0.717, 1.165) is 11.1 Å². The van der Waals surface area contributed by atoms with E-state index < -0.39 is 12.1 Å². The number of carbonyl (C=O) groups is 3. The Morgan fingerprint density at radius 1 is 1.12 bits per heavy atom. The molecule has 1 amide bonds. The van der Waals surface area contributed by atoms with E-state index in [4.69, 9.17) is 4.74 Å². The molecule has 0 saturated carbocycles. The maximum Gasteiger partial charge on any atom is 0.355 e. The molecule has 0 spiro atoms. The Bertz CT molecular complexity index is 834. The van der Waals surface area contributed by atoms with Crippen LogP contribution in [0.5, 0.6) is 0 Å². The Balaban J connectivity index is 1.98. The predicted molar refractivity (Wildman–Crippen MR) is 98.2 cm³/mol. The SMILES string of the molecule is CC(=O)c1c(C)[nH]c(C(=O)OC(C)C(=O)NCc2ccc(C)cc2)c1C. The van der Waals surface area contributed by atoms with E-state index in [0.29, 0.717) is 23.4 Å². The van der Waals surface area contributed by atoms with Crippen molar-refractivity contribution in [2.24, 2.45) is 0 Å². The maximum absolute atomic E-state index is 12.3. The largest absolute Gasteiger partial charge is 0.448 e. The van der Waals surface area contributed by atoms with E-state index in [-0.39, 0.29) is 17.4 Å². The van der Waals surface area contributed by atoms with Gasteiger partial charge in [-0.15, -0.1) is 0 Å². The van der Waals surface area contributed by atoms with Crippen LogP contribution in [0.2, 0.25) is 0 Å². The molecule has 6 heteroatoms. The van der Waals surface area contributed by atoms with Gasteiger partial charge in [0.25, 0.3) is 5.91 Å². The molecule has 2 N–H and O–H groups in total. The molecular formula is C20H24N2O4. The van der Waals surface area contributed by atoms with Gasteiger partial charge in [-0.05, 0) is 45.7 Å². The van der Waals surface area contributed by atoms with Crippen LogP contribution in [-0.4, -0.2) is 28.7 Å². The summed E-state index contributed by atoms with van der Waals surface area (Å²) in [5, 5.41) is 2.74. The van der Waals surface area contributed by atoms with Gasteiger partial charge in [0.05, 0.1) is 0 Å².